The molecule has 0 saturated heterocycles. The number of hydrogen-bond donors (Lipinski definition) is 1. The Hall–Kier alpha value is -2.30. The summed E-state index contributed by atoms with van der Waals surface area (Å²) >= 11 is 0. The van der Waals surface area contributed by atoms with E-state index in [2.05, 4.69) is 22.7 Å². The number of para-hydroxylation sites is 2. The molecule has 1 aromatic carbocycles. The Labute approximate surface area is 123 Å². The van der Waals surface area contributed by atoms with Crippen LogP contribution in [0, 0.1) is 11.8 Å². The summed E-state index contributed by atoms with van der Waals surface area (Å²) in [6, 6.07) is 7.23. The van der Waals surface area contributed by atoms with Gasteiger partial charge in [0.25, 0.3) is 5.91 Å². The molecule has 0 bridgehead atoms. The first-order chi connectivity index (χ1) is 10.3. The predicted octanol–water partition coefficient (Wildman–Crippen LogP) is 2.14. The van der Waals surface area contributed by atoms with Gasteiger partial charge in [-0.05, 0) is 30.9 Å². The number of hydrogen-bond acceptors (Lipinski definition) is 4. The van der Waals surface area contributed by atoms with Gasteiger partial charge in [0.1, 0.15) is 0 Å². The summed E-state index contributed by atoms with van der Waals surface area (Å²) in [5.41, 5.74) is 3.64. The fraction of sp³-hybridized carbons (Fsp3) is 0.375. The van der Waals surface area contributed by atoms with Crippen LogP contribution in [-0.2, 0) is 4.79 Å². The van der Waals surface area contributed by atoms with Gasteiger partial charge < -0.3 is 9.47 Å². The van der Waals surface area contributed by atoms with E-state index in [1.54, 1.807) is 19.2 Å². The number of fused-ring (bicyclic) bond motifs is 1. The molecular formula is C16H18N2O3. The van der Waals surface area contributed by atoms with Crippen LogP contribution in [0.2, 0.25) is 0 Å². The zero-order valence-electron chi connectivity index (χ0n) is 11.9. The number of benzene rings is 1. The molecule has 5 nitrogen and oxygen atoms in total. The molecule has 1 fully saturated rings. The van der Waals surface area contributed by atoms with E-state index in [9.17, 15) is 4.79 Å². The maximum absolute atomic E-state index is 11.8. The van der Waals surface area contributed by atoms with Crippen LogP contribution in [0.5, 0.6) is 11.5 Å². The molecule has 2 atom stereocenters. The van der Waals surface area contributed by atoms with Crippen LogP contribution in [0.25, 0.3) is 0 Å². The van der Waals surface area contributed by atoms with Gasteiger partial charge in [0, 0.05) is 11.6 Å². The molecule has 1 N–H and O–H groups in total. The molecular weight excluding hydrogens is 268 g/mol. The Kier molecular flexibility index (Phi) is 3.90. The molecule has 0 radical (unpaired) electrons. The molecule has 21 heavy (non-hydrogen) atoms. The third-order valence-electron chi connectivity index (χ3n) is 3.92. The van der Waals surface area contributed by atoms with Crippen molar-refractivity contribution in [3.63, 3.8) is 0 Å². The van der Waals surface area contributed by atoms with Gasteiger partial charge in [0.15, 0.2) is 18.1 Å². The van der Waals surface area contributed by atoms with Crippen LogP contribution in [0.4, 0.5) is 0 Å². The standard InChI is InChI=1S/C16H18N2O3/c1-20-14-7-2-3-8-15(14)21-10-16(19)18-17-13-9-11-5-4-6-12(11)13/h2-5,7-8,11-12H,6,9-10H2,1H3,(H,18,19)/b17-13-/t11-,12+/m0/s1. The third-order valence-corrected chi connectivity index (χ3v) is 3.92. The highest BCUT2D eigenvalue weighted by Crippen LogP contribution is 2.40. The van der Waals surface area contributed by atoms with Crippen LogP contribution in [0.15, 0.2) is 41.5 Å². The number of nitrogens with one attached hydrogen (secondary N) is 1. The minimum absolute atomic E-state index is 0.0799. The first kappa shape index (κ1) is 13.7. The molecule has 1 saturated carbocycles. The maximum atomic E-state index is 11.8. The number of ether oxygens (including phenoxy) is 2. The first-order valence-electron chi connectivity index (χ1n) is 7.05. The van der Waals surface area contributed by atoms with Crippen molar-refractivity contribution in [1.82, 2.24) is 5.43 Å². The molecule has 0 aromatic heterocycles. The SMILES string of the molecule is COc1ccccc1OCC(=O)N/N=C1/C[C@@H]2C=CC[C@@H]12. The average molecular weight is 286 g/mol. The van der Waals surface area contributed by atoms with E-state index in [4.69, 9.17) is 9.47 Å². The van der Waals surface area contributed by atoms with Gasteiger partial charge in [-0.1, -0.05) is 24.3 Å². The normalized spacial score (nSPS) is 24.3. The smallest absolute Gasteiger partial charge is 0.277 e. The topological polar surface area (TPSA) is 59.9 Å². The molecule has 1 aromatic rings. The summed E-state index contributed by atoms with van der Waals surface area (Å²) in [6.07, 6.45) is 6.41. The molecule has 5 heteroatoms. The van der Waals surface area contributed by atoms with E-state index < -0.39 is 0 Å². The van der Waals surface area contributed by atoms with Crippen LogP contribution < -0.4 is 14.9 Å². The summed E-state index contributed by atoms with van der Waals surface area (Å²) in [6.45, 7) is -0.0799. The summed E-state index contributed by atoms with van der Waals surface area (Å²) < 4.78 is 10.6. The third kappa shape index (κ3) is 2.91. The molecule has 0 heterocycles. The van der Waals surface area contributed by atoms with Gasteiger partial charge in [-0.3, -0.25) is 4.79 Å². The van der Waals surface area contributed by atoms with Gasteiger partial charge in [-0.25, -0.2) is 5.43 Å². The second-order valence-electron chi connectivity index (χ2n) is 5.22. The maximum Gasteiger partial charge on any atom is 0.277 e. The van der Waals surface area contributed by atoms with Gasteiger partial charge in [-0.15, -0.1) is 0 Å². The Morgan fingerprint density at radius 1 is 1.38 bits per heavy atom. The number of methoxy groups -OCH3 is 1. The summed E-state index contributed by atoms with van der Waals surface area (Å²) in [7, 11) is 1.57. The molecule has 3 rings (SSSR count). The average Bonchev–Trinajstić information content (AvgIpc) is 2.87. The molecule has 2 aliphatic carbocycles. The van der Waals surface area contributed by atoms with Crippen LogP contribution in [-0.4, -0.2) is 25.3 Å². The van der Waals surface area contributed by atoms with E-state index in [1.165, 1.54) is 0 Å². The number of allylic oxidation sites excluding steroid dienone is 2. The Morgan fingerprint density at radius 2 is 2.19 bits per heavy atom. The van der Waals surface area contributed by atoms with Crippen molar-refractivity contribution in [1.29, 1.82) is 0 Å². The molecule has 110 valence electrons. The number of nitrogens with zero attached hydrogens (tertiary/aromatic N) is 1. The quantitative estimate of drug-likeness (QED) is 0.666. The fourth-order valence-corrected chi connectivity index (χ4v) is 2.71. The monoisotopic (exact) mass is 286 g/mol. The highest BCUT2D eigenvalue weighted by atomic mass is 16.5. The molecule has 2 aliphatic rings. The van der Waals surface area contributed by atoms with Crippen LogP contribution in [0.1, 0.15) is 12.8 Å². The summed E-state index contributed by atoms with van der Waals surface area (Å²) in [5, 5.41) is 4.19. The Morgan fingerprint density at radius 3 is 2.95 bits per heavy atom. The van der Waals surface area contributed by atoms with Crippen molar-refractivity contribution in [2.75, 3.05) is 13.7 Å². The van der Waals surface area contributed by atoms with E-state index in [-0.39, 0.29) is 12.5 Å². The van der Waals surface area contributed by atoms with Crippen molar-refractivity contribution in [3.05, 3.63) is 36.4 Å². The molecule has 0 unspecified atom stereocenters. The highest BCUT2D eigenvalue weighted by molar-refractivity contribution is 5.94. The second-order valence-corrected chi connectivity index (χ2v) is 5.22. The fourth-order valence-electron chi connectivity index (χ4n) is 2.71. The van der Waals surface area contributed by atoms with Crippen LogP contribution >= 0.6 is 0 Å². The minimum Gasteiger partial charge on any atom is -0.493 e. The molecule has 0 spiro atoms. The number of amides is 1. The van der Waals surface area contributed by atoms with Gasteiger partial charge in [-0.2, -0.15) is 5.10 Å². The lowest BCUT2D eigenvalue weighted by Gasteiger charge is -2.31. The number of rotatable bonds is 5. The van der Waals surface area contributed by atoms with Crippen molar-refractivity contribution in [2.45, 2.75) is 12.8 Å². The van der Waals surface area contributed by atoms with E-state index in [1.807, 2.05) is 12.1 Å². The Balaban J connectivity index is 1.48. The zero-order chi connectivity index (χ0) is 14.7. The lowest BCUT2D eigenvalue weighted by molar-refractivity contribution is -0.123. The Bertz CT molecular complexity index is 595. The summed E-state index contributed by atoms with van der Waals surface area (Å²) in [5.74, 6) is 2.02. The largest absolute Gasteiger partial charge is 0.493 e. The predicted molar refractivity (Wildman–Crippen MR) is 79.4 cm³/mol. The minimum atomic E-state index is -0.261. The van der Waals surface area contributed by atoms with E-state index >= 15 is 0 Å². The number of hydrazone groups is 1. The van der Waals surface area contributed by atoms with E-state index in [0.29, 0.717) is 23.3 Å². The van der Waals surface area contributed by atoms with Crippen molar-refractivity contribution in [3.8, 4) is 11.5 Å². The number of carbonyl (C=O) groups is 1. The van der Waals surface area contributed by atoms with Crippen LogP contribution in [0.3, 0.4) is 0 Å². The van der Waals surface area contributed by atoms with Gasteiger partial charge in [0.05, 0.1) is 7.11 Å². The highest BCUT2D eigenvalue weighted by Gasteiger charge is 2.37. The lowest BCUT2D eigenvalue weighted by Crippen LogP contribution is -2.36. The number of carbonyl (C=O) groups excluding carboxylic acids is 1. The van der Waals surface area contributed by atoms with Crippen molar-refractivity contribution in [2.24, 2.45) is 16.9 Å². The zero-order valence-corrected chi connectivity index (χ0v) is 11.9. The molecule has 1 amide bonds. The second kappa shape index (κ2) is 5.99. The van der Waals surface area contributed by atoms with E-state index in [0.717, 1.165) is 18.6 Å². The van der Waals surface area contributed by atoms with Gasteiger partial charge >= 0.3 is 0 Å². The molecule has 0 aliphatic heterocycles. The lowest BCUT2D eigenvalue weighted by atomic mass is 9.74. The van der Waals surface area contributed by atoms with Crippen molar-refractivity contribution >= 4 is 11.6 Å². The summed E-state index contributed by atoms with van der Waals surface area (Å²) in [4.78, 5) is 11.8. The van der Waals surface area contributed by atoms with Crippen molar-refractivity contribution < 1.29 is 14.3 Å². The first-order valence-corrected chi connectivity index (χ1v) is 7.05. The van der Waals surface area contributed by atoms with Gasteiger partial charge in [0.2, 0.25) is 0 Å².